The second-order valence-corrected chi connectivity index (χ2v) is 5.96. The van der Waals surface area contributed by atoms with Crippen LogP contribution >= 0.6 is 0 Å². The first-order valence-electron chi connectivity index (χ1n) is 8.21. The Labute approximate surface area is 155 Å². The van der Waals surface area contributed by atoms with Crippen LogP contribution < -0.4 is 10.6 Å². The topological polar surface area (TPSA) is 58.2 Å². The van der Waals surface area contributed by atoms with Gasteiger partial charge in [-0.15, -0.1) is 0 Å². The summed E-state index contributed by atoms with van der Waals surface area (Å²) in [6, 6.07) is 15.3. The van der Waals surface area contributed by atoms with Gasteiger partial charge in [-0.1, -0.05) is 48.0 Å². The molecule has 0 bridgehead atoms. The van der Waals surface area contributed by atoms with Crippen molar-refractivity contribution in [1.82, 2.24) is 5.32 Å². The molecular formula is C20H19F3N2O2. The smallest absolute Gasteiger partial charge is 0.379 e. The Morgan fingerprint density at radius 3 is 2.26 bits per heavy atom. The molecule has 7 heteroatoms. The summed E-state index contributed by atoms with van der Waals surface area (Å²) in [7, 11) is 0. The molecule has 0 aromatic heterocycles. The van der Waals surface area contributed by atoms with E-state index in [0.717, 1.165) is 17.3 Å². The summed E-state index contributed by atoms with van der Waals surface area (Å²) in [5.41, 5.74) is 2.42. The van der Waals surface area contributed by atoms with Gasteiger partial charge in [0.05, 0.1) is 0 Å². The Hall–Kier alpha value is -3.09. The molecule has 1 amide bonds. The van der Waals surface area contributed by atoms with E-state index in [-0.39, 0.29) is 6.42 Å². The minimum absolute atomic E-state index is 0.239. The minimum atomic E-state index is -4.95. The van der Waals surface area contributed by atoms with Crippen molar-refractivity contribution in [2.24, 2.45) is 0 Å². The largest absolute Gasteiger partial charge is 0.454 e. The van der Waals surface area contributed by atoms with Gasteiger partial charge in [0.1, 0.15) is 6.04 Å². The van der Waals surface area contributed by atoms with E-state index in [0.29, 0.717) is 11.8 Å². The summed E-state index contributed by atoms with van der Waals surface area (Å²) in [5.74, 6) is -2.42. The van der Waals surface area contributed by atoms with Gasteiger partial charge in [0.2, 0.25) is 5.91 Å². The molecule has 0 heterocycles. The lowest BCUT2D eigenvalue weighted by Gasteiger charge is -2.17. The highest BCUT2D eigenvalue weighted by molar-refractivity contribution is 5.96. The SMILES string of the molecule is Cc1ccc(NC(=O)C(Cc2ccccc2)N/C=C/C(=O)C(F)(F)F)cc1. The van der Waals surface area contributed by atoms with Gasteiger partial charge in [-0.3, -0.25) is 9.59 Å². The maximum absolute atomic E-state index is 12.6. The molecule has 2 aromatic rings. The lowest BCUT2D eigenvalue weighted by Crippen LogP contribution is -2.39. The van der Waals surface area contributed by atoms with Crippen LogP contribution in [0.2, 0.25) is 0 Å². The van der Waals surface area contributed by atoms with Crippen molar-refractivity contribution in [1.29, 1.82) is 0 Å². The van der Waals surface area contributed by atoms with Crippen LogP contribution in [0.25, 0.3) is 0 Å². The van der Waals surface area contributed by atoms with Crippen molar-refractivity contribution in [3.63, 3.8) is 0 Å². The number of ketones is 1. The minimum Gasteiger partial charge on any atom is -0.379 e. The van der Waals surface area contributed by atoms with Crippen molar-refractivity contribution >= 4 is 17.4 Å². The third-order valence-corrected chi connectivity index (χ3v) is 3.73. The molecule has 0 aliphatic rings. The van der Waals surface area contributed by atoms with Crippen LogP contribution in [0.1, 0.15) is 11.1 Å². The lowest BCUT2D eigenvalue weighted by molar-refractivity contribution is -0.165. The fourth-order valence-electron chi connectivity index (χ4n) is 2.28. The van der Waals surface area contributed by atoms with E-state index < -0.39 is 23.9 Å². The number of halogens is 3. The van der Waals surface area contributed by atoms with Gasteiger partial charge in [-0.05, 0) is 24.6 Å². The number of aryl methyl sites for hydroxylation is 1. The zero-order chi connectivity index (χ0) is 19.9. The molecule has 1 atom stereocenters. The average Bonchev–Trinajstić information content (AvgIpc) is 2.62. The molecule has 4 nitrogen and oxygen atoms in total. The molecule has 2 aromatic carbocycles. The lowest BCUT2D eigenvalue weighted by atomic mass is 10.1. The maximum atomic E-state index is 12.6. The van der Waals surface area contributed by atoms with Gasteiger partial charge in [0.25, 0.3) is 5.78 Å². The van der Waals surface area contributed by atoms with Crippen molar-refractivity contribution in [2.75, 3.05) is 5.32 Å². The van der Waals surface area contributed by atoms with Gasteiger partial charge in [-0.25, -0.2) is 0 Å². The molecule has 2 N–H and O–H groups in total. The Morgan fingerprint density at radius 2 is 1.67 bits per heavy atom. The fraction of sp³-hybridized carbons (Fsp3) is 0.200. The van der Waals surface area contributed by atoms with Crippen LogP contribution in [0.5, 0.6) is 0 Å². The zero-order valence-corrected chi connectivity index (χ0v) is 14.6. The number of carbonyl (C=O) groups excluding carboxylic acids is 2. The molecule has 0 saturated carbocycles. The van der Waals surface area contributed by atoms with Crippen LogP contribution in [0.15, 0.2) is 66.9 Å². The average molecular weight is 376 g/mol. The summed E-state index contributed by atoms with van der Waals surface area (Å²) >= 11 is 0. The summed E-state index contributed by atoms with van der Waals surface area (Å²) in [6.07, 6.45) is -3.48. The molecule has 0 spiro atoms. The molecule has 2 rings (SSSR count). The summed E-state index contributed by atoms with van der Waals surface area (Å²) < 4.78 is 36.9. The Bertz CT molecular complexity index is 800. The Morgan fingerprint density at radius 1 is 1.04 bits per heavy atom. The number of rotatable bonds is 7. The predicted molar refractivity (Wildman–Crippen MR) is 97.1 cm³/mol. The number of carbonyl (C=O) groups is 2. The second kappa shape index (κ2) is 9.02. The summed E-state index contributed by atoms with van der Waals surface area (Å²) in [4.78, 5) is 23.5. The second-order valence-electron chi connectivity index (χ2n) is 5.96. The highest BCUT2D eigenvalue weighted by atomic mass is 19.4. The molecule has 0 aliphatic heterocycles. The number of nitrogens with one attached hydrogen (secondary N) is 2. The normalized spacial score (nSPS) is 12.6. The van der Waals surface area contributed by atoms with E-state index in [9.17, 15) is 22.8 Å². The molecule has 142 valence electrons. The number of anilines is 1. The van der Waals surface area contributed by atoms with Crippen molar-refractivity contribution in [3.05, 3.63) is 78.0 Å². The third kappa shape index (κ3) is 6.62. The molecular weight excluding hydrogens is 357 g/mol. The third-order valence-electron chi connectivity index (χ3n) is 3.73. The molecule has 27 heavy (non-hydrogen) atoms. The van der Waals surface area contributed by atoms with E-state index in [1.807, 2.05) is 25.1 Å². The van der Waals surface area contributed by atoms with Crippen molar-refractivity contribution < 1.29 is 22.8 Å². The molecule has 0 radical (unpaired) electrons. The molecule has 0 saturated heterocycles. The van der Waals surface area contributed by atoms with Crippen molar-refractivity contribution in [3.8, 4) is 0 Å². The molecule has 0 aliphatic carbocycles. The fourth-order valence-corrected chi connectivity index (χ4v) is 2.28. The standard InChI is InChI=1S/C20H19F3N2O2/c1-14-7-9-16(10-8-14)25-19(27)17(13-15-5-3-2-4-6-15)24-12-11-18(26)20(21,22)23/h2-12,17,24H,13H2,1H3,(H,25,27)/b12-11+. The molecule has 0 fully saturated rings. The zero-order valence-electron chi connectivity index (χ0n) is 14.6. The van der Waals surface area contributed by atoms with Gasteiger partial charge >= 0.3 is 6.18 Å². The van der Waals surface area contributed by atoms with Crippen LogP contribution in [-0.2, 0) is 16.0 Å². The van der Waals surface area contributed by atoms with E-state index in [1.165, 1.54) is 0 Å². The summed E-state index contributed by atoms with van der Waals surface area (Å²) in [5, 5.41) is 5.30. The number of benzene rings is 2. The maximum Gasteiger partial charge on any atom is 0.454 e. The number of alkyl halides is 3. The van der Waals surface area contributed by atoms with Crippen LogP contribution in [-0.4, -0.2) is 23.9 Å². The number of hydrogen-bond donors (Lipinski definition) is 2. The Kier molecular flexibility index (Phi) is 6.76. The van der Waals surface area contributed by atoms with E-state index in [1.54, 1.807) is 36.4 Å². The van der Waals surface area contributed by atoms with Crippen LogP contribution in [0.4, 0.5) is 18.9 Å². The monoisotopic (exact) mass is 376 g/mol. The van der Waals surface area contributed by atoms with Crippen molar-refractivity contribution in [2.45, 2.75) is 25.6 Å². The number of allylic oxidation sites excluding steroid dienone is 1. The van der Waals surface area contributed by atoms with E-state index >= 15 is 0 Å². The van der Waals surface area contributed by atoms with Crippen LogP contribution in [0, 0.1) is 6.92 Å². The highest BCUT2D eigenvalue weighted by Crippen LogP contribution is 2.16. The predicted octanol–water partition coefficient (Wildman–Crippen LogP) is 3.78. The first kappa shape index (κ1) is 20.2. The van der Waals surface area contributed by atoms with Gasteiger partial charge in [0.15, 0.2) is 0 Å². The first-order valence-corrected chi connectivity index (χ1v) is 8.21. The molecule has 1 unspecified atom stereocenters. The van der Waals surface area contributed by atoms with Gasteiger partial charge in [-0.2, -0.15) is 13.2 Å². The van der Waals surface area contributed by atoms with E-state index in [4.69, 9.17) is 0 Å². The Balaban J connectivity index is 2.10. The quantitative estimate of drug-likeness (QED) is 0.723. The number of hydrogen-bond acceptors (Lipinski definition) is 3. The van der Waals surface area contributed by atoms with E-state index in [2.05, 4.69) is 10.6 Å². The van der Waals surface area contributed by atoms with Gasteiger partial charge in [0, 0.05) is 24.4 Å². The van der Waals surface area contributed by atoms with Gasteiger partial charge < -0.3 is 10.6 Å². The highest BCUT2D eigenvalue weighted by Gasteiger charge is 2.36. The first-order chi connectivity index (χ1) is 12.8. The number of amides is 1. The van der Waals surface area contributed by atoms with Crippen LogP contribution in [0.3, 0.4) is 0 Å². The summed E-state index contributed by atoms with van der Waals surface area (Å²) in [6.45, 7) is 1.91.